The summed E-state index contributed by atoms with van der Waals surface area (Å²) in [6.45, 7) is 1.38. The predicted molar refractivity (Wildman–Crippen MR) is 71.3 cm³/mol. The summed E-state index contributed by atoms with van der Waals surface area (Å²) in [5.74, 6) is -1.13. The SMILES string of the molecule is CC1(CS(=O)(=O)c2ccc(Br)cc2)NC(=O)NC1=O. The van der Waals surface area contributed by atoms with Gasteiger partial charge in [0.2, 0.25) is 0 Å². The second kappa shape index (κ2) is 4.61. The molecule has 0 saturated carbocycles. The normalized spacial score (nSPS) is 23.1. The quantitative estimate of drug-likeness (QED) is 0.792. The molecule has 1 aromatic rings. The van der Waals surface area contributed by atoms with Crippen LogP contribution in [0.1, 0.15) is 6.92 Å². The minimum Gasteiger partial charge on any atom is -0.322 e. The van der Waals surface area contributed by atoms with Crippen molar-refractivity contribution in [3.05, 3.63) is 28.7 Å². The van der Waals surface area contributed by atoms with Crippen molar-refractivity contribution in [3.8, 4) is 0 Å². The van der Waals surface area contributed by atoms with Gasteiger partial charge in [-0.25, -0.2) is 13.2 Å². The fourth-order valence-electron chi connectivity index (χ4n) is 1.79. The highest BCUT2D eigenvalue weighted by Crippen LogP contribution is 2.21. The van der Waals surface area contributed by atoms with Gasteiger partial charge in [0.15, 0.2) is 9.84 Å². The molecule has 3 amide bonds. The maximum absolute atomic E-state index is 12.2. The number of rotatable bonds is 3. The lowest BCUT2D eigenvalue weighted by Gasteiger charge is -2.20. The van der Waals surface area contributed by atoms with E-state index in [1.807, 2.05) is 5.32 Å². The maximum atomic E-state index is 12.2. The first kappa shape index (κ1) is 14.0. The number of nitrogens with one attached hydrogen (secondary N) is 2. The third-order valence-electron chi connectivity index (χ3n) is 2.77. The van der Waals surface area contributed by atoms with Gasteiger partial charge in [-0.1, -0.05) is 15.9 Å². The fourth-order valence-corrected chi connectivity index (χ4v) is 3.73. The number of halogens is 1. The average Bonchev–Trinajstić information content (AvgIpc) is 2.51. The Balaban J connectivity index is 2.29. The zero-order chi connectivity index (χ0) is 14.3. The van der Waals surface area contributed by atoms with Gasteiger partial charge < -0.3 is 5.32 Å². The summed E-state index contributed by atoms with van der Waals surface area (Å²) >= 11 is 3.21. The molecule has 1 aliphatic rings. The third-order valence-corrected chi connectivity index (χ3v) is 5.25. The van der Waals surface area contributed by atoms with Crippen LogP contribution >= 0.6 is 15.9 Å². The first-order valence-electron chi connectivity index (χ1n) is 5.35. The van der Waals surface area contributed by atoms with Crippen molar-refractivity contribution in [2.75, 3.05) is 5.75 Å². The van der Waals surface area contributed by atoms with E-state index < -0.39 is 33.1 Å². The fraction of sp³-hybridized carbons (Fsp3) is 0.273. The van der Waals surface area contributed by atoms with E-state index in [2.05, 4.69) is 21.2 Å². The van der Waals surface area contributed by atoms with E-state index in [1.54, 1.807) is 12.1 Å². The topological polar surface area (TPSA) is 92.3 Å². The molecule has 2 N–H and O–H groups in total. The van der Waals surface area contributed by atoms with Crippen LogP contribution in [0.2, 0.25) is 0 Å². The van der Waals surface area contributed by atoms with Crippen molar-refractivity contribution in [3.63, 3.8) is 0 Å². The Hall–Kier alpha value is -1.41. The zero-order valence-corrected chi connectivity index (χ0v) is 12.3. The Kier molecular flexibility index (Phi) is 3.40. The summed E-state index contributed by atoms with van der Waals surface area (Å²) in [4.78, 5) is 22.8. The molecule has 0 aliphatic carbocycles. The maximum Gasteiger partial charge on any atom is 0.322 e. The van der Waals surface area contributed by atoms with Gasteiger partial charge in [0, 0.05) is 4.47 Å². The van der Waals surface area contributed by atoms with Crippen molar-refractivity contribution >= 4 is 37.7 Å². The first-order valence-corrected chi connectivity index (χ1v) is 7.79. The number of amides is 3. The van der Waals surface area contributed by atoms with Gasteiger partial charge in [-0.3, -0.25) is 10.1 Å². The van der Waals surface area contributed by atoms with Crippen molar-refractivity contribution in [2.45, 2.75) is 17.4 Å². The summed E-state index contributed by atoms with van der Waals surface area (Å²) < 4.78 is 25.2. The lowest BCUT2D eigenvalue weighted by Crippen LogP contribution is -2.49. The molecule has 0 aromatic heterocycles. The molecule has 1 unspecified atom stereocenters. The molecular weight excluding hydrogens is 336 g/mol. The lowest BCUT2D eigenvalue weighted by atomic mass is 10.1. The molecule has 0 bridgehead atoms. The van der Waals surface area contributed by atoms with Crippen LogP contribution in [0, 0.1) is 0 Å². The van der Waals surface area contributed by atoms with Gasteiger partial charge in [-0.15, -0.1) is 0 Å². The molecule has 0 radical (unpaired) electrons. The Morgan fingerprint density at radius 2 is 1.79 bits per heavy atom. The monoisotopic (exact) mass is 346 g/mol. The van der Waals surface area contributed by atoms with Crippen LogP contribution < -0.4 is 10.6 Å². The van der Waals surface area contributed by atoms with Crippen LogP contribution in [-0.4, -0.2) is 31.6 Å². The van der Waals surface area contributed by atoms with Crippen LogP contribution in [0.15, 0.2) is 33.6 Å². The summed E-state index contributed by atoms with van der Waals surface area (Å²) in [5, 5.41) is 4.36. The molecule has 102 valence electrons. The minimum atomic E-state index is -3.67. The van der Waals surface area contributed by atoms with E-state index in [9.17, 15) is 18.0 Å². The van der Waals surface area contributed by atoms with E-state index in [0.29, 0.717) is 0 Å². The number of sulfone groups is 1. The largest absolute Gasteiger partial charge is 0.322 e. The van der Waals surface area contributed by atoms with E-state index >= 15 is 0 Å². The summed E-state index contributed by atoms with van der Waals surface area (Å²) in [6, 6.07) is 5.40. The van der Waals surface area contributed by atoms with Gasteiger partial charge in [0.25, 0.3) is 5.91 Å². The highest BCUT2D eigenvalue weighted by molar-refractivity contribution is 9.10. The molecule has 1 aliphatic heterocycles. The molecule has 19 heavy (non-hydrogen) atoms. The van der Waals surface area contributed by atoms with Crippen LogP contribution in [0.3, 0.4) is 0 Å². The second-order valence-corrected chi connectivity index (χ2v) is 7.36. The second-order valence-electron chi connectivity index (χ2n) is 4.45. The molecule has 1 saturated heterocycles. The molecule has 1 aromatic carbocycles. The smallest absolute Gasteiger partial charge is 0.322 e. The van der Waals surface area contributed by atoms with Crippen molar-refractivity contribution < 1.29 is 18.0 Å². The average molecular weight is 347 g/mol. The number of urea groups is 1. The highest BCUT2D eigenvalue weighted by atomic mass is 79.9. The number of hydrogen-bond donors (Lipinski definition) is 2. The molecule has 2 rings (SSSR count). The molecule has 8 heteroatoms. The molecule has 1 heterocycles. The van der Waals surface area contributed by atoms with Gasteiger partial charge in [0.1, 0.15) is 5.54 Å². The number of hydrogen-bond acceptors (Lipinski definition) is 4. The summed E-state index contributed by atoms with van der Waals surface area (Å²) in [5.41, 5.74) is -1.44. The standard InChI is InChI=1S/C11H11BrN2O4S/c1-11(9(15)13-10(16)14-11)6-19(17,18)8-4-2-7(12)3-5-8/h2-5H,6H2,1H3,(H2,13,14,15,16). The Morgan fingerprint density at radius 3 is 2.26 bits per heavy atom. The Labute approximate surface area is 118 Å². The Morgan fingerprint density at radius 1 is 1.21 bits per heavy atom. The van der Waals surface area contributed by atoms with Crippen molar-refractivity contribution in [1.29, 1.82) is 0 Å². The molecule has 0 spiro atoms. The van der Waals surface area contributed by atoms with Gasteiger partial charge in [0.05, 0.1) is 10.6 Å². The van der Waals surface area contributed by atoms with Gasteiger partial charge in [-0.05, 0) is 31.2 Å². The third kappa shape index (κ3) is 2.79. The molecular formula is C11H11BrN2O4S. The summed E-state index contributed by atoms with van der Waals surface area (Å²) in [7, 11) is -3.67. The highest BCUT2D eigenvalue weighted by Gasteiger charge is 2.45. The van der Waals surface area contributed by atoms with Gasteiger partial charge in [-0.2, -0.15) is 0 Å². The number of carbonyl (C=O) groups is 2. The van der Waals surface area contributed by atoms with Crippen LogP contribution in [0.5, 0.6) is 0 Å². The minimum absolute atomic E-state index is 0.103. The Bertz CT molecular complexity index is 641. The van der Waals surface area contributed by atoms with E-state index in [4.69, 9.17) is 0 Å². The van der Waals surface area contributed by atoms with Crippen LogP contribution in [-0.2, 0) is 14.6 Å². The van der Waals surface area contributed by atoms with Crippen molar-refractivity contribution in [1.82, 2.24) is 10.6 Å². The zero-order valence-electron chi connectivity index (χ0n) is 9.94. The first-order chi connectivity index (χ1) is 8.73. The number of imide groups is 1. The van der Waals surface area contributed by atoms with E-state index in [-0.39, 0.29) is 4.90 Å². The van der Waals surface area contributed by atoms with Crippen LogP contribution in [0.4, 0.5) is 4.79 Å². The summed E-state index contributed by atoms with van der Waals surface area (Å²) in [6.07, 6.45) is 0. The van der Waals surface area contributed by atoms with E-state index in [0.717, 1.165) is 4.47 Å². The molecule has 1 fully saturated rings. The molecule has 6 nitrogen and oxygen atoms in total. The van der Waals surface area contributed by atoms with Crippen LogP contribution in [0.25, 0.3) is 0 Å². The number of benzene rings is 1. The predicted octanol–water partition coefficient (Wildman–Crippen LogP) is 0.821. The lowest BCUT2D eigenvalue weighted by molar-refractivity contribution is -0.122. The van der Waals surface area contributed by atoms with E-state index in [1.165, 1.54) is 19.1 Å². The van der Waals surface area contributed by atoms with Gasteiger partial charge >= 0.3 is 6.03 Å². The van der Waals surface area contributed by atoms with Crippen molar-refractivity contribution in [2.24, 2.45) is 0 Å². The number of carbonyl (C=O) groups excluding carboxylic acids is 2. The molecule has 1 atom stereocenters.